The Bertz CT molecular complexity index is 1260. The molecule has 0 aliphatic carbocycles. The smallest absolute Gasteiger partial charge is 0.257 e. The molecule has 9 heteroatoms. The zero-order valence-electron chi connectivity index (χ0n) is 23.7. The number of halogens is 1. The maximum absolute atomic E-state index is 13.7. The van der Waals surface area contributed by atoms with E-state index in [1.165, 1.54) is 4.90 Å². The number of anilines is 3. The van der Waals surface area contributed by atoms with E-state index in [9.17, 15) is 14.4 Å². The summed E-state index contributed by atoms with van der Waals surface area (Å²) in [5.74, 6) is 0.766. The number of amides is 2. The second-order valence-electron chi connectivity index (χ2n) is 11.5. The number of rotatable bonds is 11. The van der Waals surface area contributed by atoms with Gasteiger partial charge in [-0.3, -0.25) is 24.2 Å². The predicted octanol–water partition coefficient (Wildman–Crippen LogP) is 5.61. The molecule has 214 valence electrons. The van der Waals surface area contributed by atoms with Crippen LogP contribution in [0.15, 0.2) is 49.2 Å². The van der Waals surface area contributed by atoms with Gasteiger partial charge in [0.2, 0.25) is 5.91 Å². The van der Waals surface area contributed by atoms with Crippen LogP contribution in [0.5, 0.6) is 0 Å². The van der Waals surface area contributed by atoms with Crippen LogP contribution in [0.2, 0.25) is 5.02 Å². The van der Waals surface area contributed by atoms with Crippen LogP contribution in [0.3, 0.4) is 0 Å². The lowest BCUT2D eigenvalue weighted by molar-refractivity contribution is -0.128. The Morgan fingerprint density at radius 1 is 1.27 bits per heavy atom. The largest absolute Gasteiger partial charge is 0.319 e. The lowest BCUT2D eigenvalue weighted by atomic mass is 9.81. The minimum Gasteiger partial charge on any atom is -0.319 e. The first-order valence-electron chi connectivity index (χ1n) is 14.1. The normalized spacial score (nSPS) is 16.9. The number of nitrogens with one attached hydrogen (secondary N) is 2. The summed E-state index contributed by atoms with van der Waals surface area (Å²) < 4.78 is 0. The zero-order chi connectivity index (χ0) is 28.9. The quantitative estimate of drug-likeness (QED) is 0.272. The molecular weight excluding hydrogens is 526 g/mol. The van der Waals surface area contributed by atoms with Crippen LogP contribution in [-0.4, -0.2) is 59.7 Å². The molecule has 1 atom stereocenters. The minimum atomic E-state index is -0.398. The number of hydrogen-bond acceptors (Lipinski definition) is 6. The molecule has 2 aliphatic rings. The molecule has 2 amide bonds. The number of allylic oxidation sites excluding steroid dienone is 1. The Morgan fingerprint density at radius 2 is 2.02 bits per heavy atom. The summed E-state index contributed by atoms with van der Waals surface area (Å²) in [5, 5.41) is 6.68. The Morgan fingerprint density at radius 3 is 2.75 bits per heavy atom. The fourth-order valence-corrected chi connectivity index (χ4v) is 5.83. The number of ketones is 1. The number of aromatic nitrogens is 1. The van der Waals surface area contributed by atoms with Gasteiger partial charge in [0.1, 0.15) is 0 Å². The fourth-order valence-electron chi connectivity index (χ4n) is 5.66. The van der Waals surface area contributed by atoms with Crippen LogP contribution in [0.25, 0.3) is 0 Å². The van der Waals surface area contributed by atoms with E-state index in [2.05, 4.69) is 27.1 Å². The molecule has 2 aliphatic heterocycles. The molecule has 8 nitrogen and oxygen atoms in total. The lowest BCUT2D eigenvalue weighted by Crippen LogP contribution is -2.43. The number of carbonyl (C=O) groups excluding carboxylic acids is 3. The Hall–Kier alpha value is -3.07. The topological polar surface area (TPSA) is 94.6 Å². The van der Waals surface area contributed by atoms with Crippen molar-refractivity contribution in [2.45, 2.75) is 58.9 Å². The predicted molar refractivity (Wildman–Crippen MR) is 160 cm³/mol. The first kappa shape index (κ1) is 29.9. The maximum Gasteiger partial charge on any atom is 0.257 e. The lowest BCUT2D eigenvalue weighted by Gasteiger charge is -2.33. The summed E-state index contributed by atoms with van der Waals surface area (Å²) in [5.41, 5.74) is 0.907. The van der Waals surface area contributed by atoms with Gasteiger partial charge >= 0.3 is 0 Å². The van der Waals surface area contributed by atoms with Crippen molar-refractivity contribution in [1.82, 2.24) is 15.2 Å². The number of pyridine rings is 1. The van der Waals surface area contributed by atoms with E-state index in [0.29, 0.717) is 40.1 Å². The summed E-state index contributed by atoms with van der Waals surface area (Å²) in [6, 6.07) is 8.26. The average molecular weight is 566 g/mol. The van der Waals surface area contributed by atoms with Crippen LogP contribution in [-0.2, 0) is 9.59 Å². The standard InChI is InChI=1S/C31H40ClN5O3/c1-5-14-31(3,4)28(39)21(2)33-15-6-8-22-12-17-36(18-13-22)20-27(38)37-26-11-10-23(32)19-24(26)30(40)35-25-9-7-16-34-29(25)37/h5,7,9-11,16,19,21-22,33H,1,6,8,12-15,17-18,20H2,2-4H3,(H,35,40). The van der Waals surface area contributed by atoms with Crippen molar-refractivity contribution in [1.29, 1.82) is 0 Å². The van der Waals surface area contributed by atoms with Gasteiger partial charge in [0.25, 0.3) is 5.91 Å². The number of benzene rings is 1. The average Bonchev–Trinajstić information content (AvgIpc) is 3.05. The van der Waals surface area contributed by atoms with Crippen molar-refractivity contribution in [3.63, 3.8) is 0 Å². The third kappa shape index (κ3) is 6.97. The van der Waals surface area contributed by atoms with Crippen LogP contribution >= 0.6 is 11.6 Å². The number of likely N-dealkylation sites (tertiary alicyclic amines) is 1. The minimum absolute atomic E-state index is 0.138. The highest BCUT2D eigenvalue weighted by Crippen LogP contribution is 2.37. The van der Waals surface area contributed by atoms with Crippen LogP contribution in [0.4, 0.5) is 17.2 Å². The van der Waals surface area contributed by atoms with E-state index in [1.54, 1.807) is 42.6 Å². The second kappa shape index (κ2) is 13.1. The van der Waals surface area contributed by atoms with Crippen molar-refractivity contribution in [3.8, 4) is 0 Å². The molecule has 0 radical (unpaired) electrons. The molecule has 1 fully saturated rings. The number of fused-ring (bicyclic) bond motifs is 2. The molecule has 0 saturated carbocycles. The Kier molecular flexibility index (Phi) is 9.77. The zero-order valence-corrected chi connectivity index (χ0v) is 24.5. The van der Waals surface area contributed by atoms with Gasteiger partial charge in [-0.05, 0) is 94.9 Å². The fraction of sp³-hybridized carbons (Fsp3) is 0.484. The first-order chi connectivity index (χ1) is 19.1. The van der Waals surface area contributed by atoms with Crippen LogP contribution < -0.4 is 15.5 Å². The first-order valence-corrected chi connectivity index (χ1v) is 14.5. The SMILES string of the molecule is C=CCC(C)(C)C(=O)C(C)NCCCC1CCN(CC(=O)N2c3ccc(Cl)cc3C(=O)Nc3cccnc32)CC1. The molecule has 2 aromatic rings. The monoisotopic (exact) mass is 565 g/mol. The van der Waals surface area contributed by atoms with Gasteiger partial charge in [0, 0.05) is 16.6 Å². The van der Waals surface area contributed by atoms with Gasteiger partial charge in [0.15, 0.2) is 11.6 Å². The van der Waals surface area contributed by atoms with E-state index in [4.69, 9.17) is 11.6 Å². The van der Waals surface area contributed by atoms with Gasteiger partial charge in [-0.15, -0.1) is 6.58 Å². The van der Waals surface area contributed by atoms with Gasteiger partial charge in [0.05, 0.1) is 29.5 Å². The highest BCUT2D eigenvalue weighted by atomic mass is 35.5. The molecule has 1 saturated heterocycles. The number of Topliss-reactive ketones (excluding diaryl/α,β-unsaturated/α-hetero) is 1. The van der Waals surface area contributed by atoms with Crippen LogP contribution in [0, 0.1) is 11.3 Å². The van der Waals surface area contributed by atoms with Crippen molar-refractivity contribution >= 4 is 46.4 Å². The Balaban J connectivity index is 1.30. The van der Waals surface area contributed by atoms with Crippen molar-refractivity contribution in [3.05, 3.63) is 59.8 Å². The molecule has 1 aromatic carbocycles. The summed E-state index contributed by atoms with van der Waals surface area (Å²) in [6.45, 7) is 12.4. The third-order valence-electron chi connectivity index (χ3n) is 7.96. The molecule has 40 heavy (non-hydrogen) atoms. The molecular formula is C31H40ClN5O3. The number of piperidine rings is 1. The van der Waals surface area contributed by atoms with E-state index >= 15 is 0 Å². The van der Waals surface area contributed by atoms with Crippen molar-refractivity contribution in [2.24, 2.45) is 11.3 Å². The van der Waals surface area contributed by atoms with Crippen molar-refractivity contribution in [2.75, 3.05) is 36.4 Å². The number of carbonyl (C=O) groups is 3. The van der Waals surface area contributed by atoms with E-state index in [1.807, 2.05) is 20.8 Å². The summed E-state index contributed by atoms with van der Waals surface area (Å²) in [7, 11) is 0. The molecule has 2 N–H and O–H groups in total. The van der Waals surface area contributed by atoms with Crippen molar-refractivity contribution < 1.29 is 14.4 Å². The maximum atomic E-state index is 13.7. The molecule has 1 aromatic heterocycles. The van der Waals surface area contributed by atoms with Gasteiger partial charge < -0.3 is 10.6 Å². The highest BCUT2D eigenvalue weighted by Gasteiger charge is 2.33. The molecule has 0 spiro atoms. The highest BCUT2D eigenvalue weighted by molar-refractivity contribution is 6.31. The molecule has 1 unspecified atom stereocenters. The van der Waals surface area contributed by atoms with Gasteiger partial charge in [-0.1, -0.05) is 31.5 Å². The van der Waals surface area contributed by atoms with E-state index in [0.717, 1.165) is 45.3 Å². The van der Waals surface area contributed by atoms with Gasteiger partial charge in [-0.25, -0.2) is 4.98 Å². The molecule has 0 bridgehead atoms. The molecule has 3 heterocycles. The van der Waals surface area contributed by atoms with E-state index in [-0.39, 0.29) is 30.2 Å². The van der Waals surface area contributed by atoms with Gasteiger partial charge in [-0.2, -0.15) is 0 Å². The number of hydrogen-bond donors (Lipinski definition) is 2. The summed E-state index contributed by atoms with van der Waals surface area (Å²) >= 11 is 6.18. The second-order valence-corrected chi connectivity index (χ2v) is 11.9. The molecule has 4 rings (SSSR count). The number of nitrogens with zero attached hydrogens (tertiary/aromatic N) is 3. The van der Waals surface area contributed by atoms with E-state index < -0.39 is 5.41 Å². The van der Waals surface area contributed by atoms with Crippen LogP contribution in [0.1, 0.15) is 63.2 Å². The summed E-state index contributed by atoms with van der Waals surface area (Å²) in [4.78, 5) is 47.4. The third-order valence-corrected chi connectivity index (χ3v) is 8.20. The Labute approximate surface area is 242 Å². The summed E-state index contributed by atoms with van der Waals surface area (Å²) in [6.07, 6.45) is 8.25.